The molecule has 7 nitrogen and oxygen atoms in total. The maximum atomic E-state index is 12.4. The Labute approximate surface area is 163 Å². The van der Waals surface area contributed by atoms with E-state index in [0.29, 0.717) is 17.1 Å². The van der Waals surface area contributed by atoms with Gasteiger partial charge in [-0.15, -0.1) is 0 Å². The lowest BCUT2D eigenvalue weighted by Crippen LogP contribution is -2.40. The molecular weight excluding hydrogens is 360 g/mol. The fourth-order valence-electron chi connectivity index (χ4n) is 2.91. The molecule has 0 radical (unpaired) electrons. The van der Waals surface area contributed by atoms with Gasteiger partial charge in [0.25, 0.3) is 11.8 Å². The zero-order valence-electron chi connectivity index (χ0n) is 15.9. The molecule has 146 valence electrons. The predicted octanol–water partition coefficient (Wildman–Crippen LogP) is 2.96. The minimum absolute atomic E-state index is 0.290. The molecule has 1 aliphatic heterocycles. The predicted molar refractivity (Wildman–Crippen MR) is 104 cm³/mol. The van der Waals surface area contributed by atoms with Crippen LogP contribution < -0.4 is 15.4 Å². The van der Waals surface area contributed by atoms with Gasteiger partial charge in [-0.2, -0.15) is 0 Å². The lowest BCUT2D eigenvalue weighted by molar-refractivity contribution is -0.155. The molecule has 0 bridgehead atoms. The molecule has 0 aromatic heterocycles. The highest BCUT2D eigenvalue weighted by atomic mass is 16.6. The number of aryl methyl sites for hydroxylation is 2. The normalized spacial score (nSPS) is 16.2. The SMILES string of the molecule is Cc1cccc(C)c1NC(=O)[C@@H](C)OC(=O)C[C@H]1Oc2ccccc2NC1=O. The zero-order chi connectivity index (χ0) is 20.3. The molecule has 3 rings (SSSR count). The van der Waals surface area contributed by atoms with Crippen molar-refractivity contribution < 1.29 is 23.9 Å². The Bertz CT molecular complexity index is 905. The Morgan fingerprint density at radius 3 is 2.54 bits per heavy atom. The number of esters is 1. The first-order valence-corrected chi connectivity index (χ1v) is 8.98. The highest BCUT2D eigenvalue weighted by molar-refractivity contribution is 6.00. The third kappa shape index (κ3) is 4.31. The van der Waals surface area contributed by atoms with E-state index in [2.05, 4.69) is 10.6 Å². The number of benzene rings is 2. The Kier molecular flexibility index (Phi) is 5.63. The van der Waals surface area contributed by atoms with Crippen LogP contribution in [0.4, 0.5) is 11.4 Å². The van der Waals surface area contributed by atoms with Crippen LogP contribution in [0, 0.1) is 13.8 Å². The van der Waals surface area contributed by atoms with E-state index in [4.69, 9.17) is 9.47 Å². The first-order chi connectivity index (χ1) is 13.3. The van der Waals surface area contributed by atoms with Crippen LogP contribution in [-0.2, 0) is 19.1 Å². The van der Waals surface area contributed by atoms with Gasteiger partial charge in [0.1, 0.15) is 5.75 Å². The van der Waals surface area contributed by atoms with E-state index in [1.807, 2.05) is 32.0 Å². The Morgan fingerprint density at radius 1 is 1.14 bits per heavy atom. The Balaban J connectivity index is 1.57. The number of fused-ring (bicyclic) bond motifs is 1. The van der Waals surface area contributed by atoms with Crippen LogP contribution in [0.3, 0.4) is 0 Å². The summed E-state index contributed by atoms with van der Waals surface area (Å²) in [6.45, 7) is 5.25. The second kappa shape index (κ2) is 8.12. The van der Waals surface area contributed by atoms with Gasteiger partial charge in [-0.05, 0) is 44.0 Å². The minimum atomic E-state index is -1.01. The number of hydrogen-bond acceptors (Lipinski definition) is 5. The fraction of sp³-hybridized carbons (Fsp3) is 0.286. The molecule has 7 heteroatoms. The summed E-state index contributed by atoms with van der Waals surface area (Å²) in [5.41, 5.74) is 3.08. The van der Waals surface area contributed by atoms with Gasteiger partial charge in [0.15, 0.2) is 12.2 Å². The monoisotopic (exact) mass is 382 g/mol. The van der Waals surface area contributed by atoms with Gasteiger partial charge in [0, 0.05) is 5.69 Å². The third-order valence-corrected chi connectivity index (χ3v) is 4.47. The number of hydrogen-bond donors (Lipinski definition) is 2. The summed E-state index contributed by atoms with van der Waals surface area (Å²) in [5, 5.41) is 5.47. The van der Waals surface area contributed by atoms with E-state index in [1.165, 1.54) is 6.92 Å². The molecule has 0 unspecified atom stereocenters. The molecule has 2 aromatic rings. The second-order valence-electron chi connectivity index (χ2n) is 6.68. The van der Waals surface area contributed by atoms with Crippen LogP contribution in [0.2, 0.25) is 0 Å². The summed E-state index contributed by atoms with van der Waals surface area (Å²) in [6.07, 6.45) is -2.30. The molecule has 2 amide bonds. The molecule has 2 N–H and O–H groups in total. The highest BCUT2D eigenvalue weighted by Crippen LogP contribution is 2.29. The number of carbonyl (C=O) groups is 3. The largest absolute Gasteiger partial charge is 0.478 e. The fourth-order valence-corrected chi connectivity index (χ4v) is 2.91. The van der Waals surface area contributed by atoms with E-state index >= 15 is 0 Å². The number of carbonyl (C=O) groups excluding carboxylic acids is 3. The minimum Gasteiger partial charge on any atom is -0.478 e. The number of ether oxygens (including phenoxy) is 2. The Morgan fingerprint density at radius 2 is 1.82 bits per heavy atom. The van der Waals surface area contributed by atoms with Crippen LogP contribution in [0.25, 0.3) is 0 Å². The van der Waals surface area contributed by atoms with Gasteiger partial charge in [-0.25, -0.2) is 0 Å². The highest BCUT2D eigenvalue weighted by Gasteiger charge is 2.31. The van der Waals surface area contributed by atoms with Crippen molar-refractivity contribution in [2.45, 2.75) is 39.4 Å². The van der Waals surface area contributed by atoms with Gasteiger partial charge in [0.2, 0.25) is 0 Å². The molecule has 2 aromatic carbocycles. The van der Waals surface area contributed by atoms with E-state index < -0.39 is 30.0 Å². The molecule has 28 heavy (non-hydrogen) atoms. The molecule has 2 atom stereocenters. The first-order valence-electron chi connectivity index (χ1n) is 8.98. The molecule has 1 aliphatic rings. The van der Waals surface area contributed by atoms with Crippen molar-refractivity contribution in [1.82, 2.24) is 0 Å². The van der Waals surface area contributed by atoms with E-state index in [1.54, 1.807) is 24.3 Å². The van der Waals surface area contributed by atoms with E-state index in [9.17, 15) is 14.4 Å². The van der Waals surface area contributed by atoms with Crippen molar-refractivity contribution in [2.75, 3.05) is 10.6 Å². The first kappa shape index (κ1) is 19.4. The number of anilines is 2. The summed E-state index contributed by atoms with van der Waals surface area (Å²) in [7, 11) is 0. The second-order valence-corrected chi connectivity index (χ2v) is 6.68. The molecular formula is C21H22N2O5. The maximum Gasteiger partial charge on any atom is 0.310 e. The number of rotatable bonds is 5. The van der Waals surface area contributed by atoms with Gasteiger partial charge in [0.05, 0.1) is 12.1 Å². The summed E-state index contributed by atoms with van der Waals surface area (Å²) in [5.74, 6) is -1.07. The molecule has 0 saturated heterocycles. The summed E-state index contributed by atoms with van der Waals surface area (Å²) in [6, 6.07) is 12.6. The van der Waals surface area contributed by atoms with E-state index in [-0.39, 0.29) is 6.42 Å². The standard InChI is InChI=1S/C21H22N2O5/c1-12-7-6-8-13(2)19(12)23-20(25)14(3)27-18(24)11-17-21(26)22-15-9-4-5-10-16(15)28-17/h4-10,14,17H,11H2,1-3H3,(H,22,26)(H,23,25)/t14-,17-/m1/s1. The van der Waals surface area contributed by atoms with Gasteiger partial charge in [-0.3, -0.25) is 14.4 Å². The average molecular weight is 382 g/mol. The van der Waals surface area contributed by atoms with Gasteiger partial charge >= 0.3 is 5.97 Å². The van der Waals surface area contributed by atoms with Crippen LogP contribution in [0.5, 0.6) is 5.75 Å². The maximum absolute atomic E-state index is 12.4. The van der Waals surface area contributed by atoms with Crippen LogP contribution in [-0.4, -0.2) is 30.0 Å². The zero-order valence-corrected chi connectivity index (χ0v) is 15.9. The van der Waals surface area contributed by atoms with Crippen LogP contribution in [0.15, 0.2) is 42.5 Å². The van der Waals surface area contributed by atoms with Crippen molar-refractivity contribution in [2.24, 2.45) is 0 Å². The van der Waals surface area contributed by atoms with Crippen molar-refractivity contribution in [3.63, 3.8) is 0 Å². The summed E-state index contributed by atoms with van der Waals surface area (Å²) in [4.78, 5) is 36.7. The van der Waals surface area contributed by atoms with Crippen molar-refractivity contribution in [1.29, 1.82) is 0 Å². The molecule has 0 saturated carbocycles. The number of para-hydroxylation sites is 3. The van der Waals surface area contributed by atoms with Crippen molar-refractivity contribution >= 4 is 29.2 Å². The van der Waals surface area contributed by atoms with Gasteiger partial charge < -0.3 is 20.1 Å². The van der Waals surface area contributed by atoms with Crippen molar-refractivity contribution in [3.05, 3.63) is 53.6 Å². The molecule has 1 heterocycles. The smallest absolute Gasteiger partial charge is 0.310 e. The summed E-state index contributed by atoms with van der Waals surface area (Å²) >= 11 is 0. The topological polar surface area (TPSA) is 93.7 Å². The molecule has 0 spiro atoms. The Hall–Kier alpha value is -3.35. The van der Waals surface area contributed by atoms with Gasteiger partial charge in [-0.1, -0.05) is 30.3 Å². The third-order valence-electron chi connectivity index (χ3n) is 4.47. The summed E-state index contributed by atoms with van der Waals surface area (Å²) < 4.78 is 10.8. The van der Waals surface area contributed by atoms with Crippen molar-refractivity contribution in [3.8, 4) is 5.75 Å². The number of amides is 2. The van der Waals surface area contributed by atoms with Crippen LogP contribution in [0.1, 0.15) is 24.5 Å². The van der Waals surface area contributed by atoms with E-state index in [0.717, 1.165) is 11.1 Å². The quantitative estimate of drug-likeness (QED) is 0.776. The molecule has 0 aliphatic carbocycles. The lowest BCUT2D eigenvalue weighted by atomic mass is 10.1. The average Bonchev–Trinajstić information content (AvgIpc) is 2.65. The molecule has 0 fully saturated rings. The number of nitrogens with one attached hydrogen (secondary N) is 2. The van der Waals surface area contributed by atoms with Crippen LogP contribution >= 0.6 is 0 Å². The lowest BCUT2D eigenvalue weighted by Gasteiger charge is -2.25.